The summed E-state index contributed by atoms with van der Waals surface area (Å²) in [5.41, 5.74) is 0.953. The van der Waals surface area contributed by atoms with Crippen LogP contribution in [0.3, 0.4) is 0 Å². The van der Waals surface area contributed by atoms with Crippen molar-refractivity contribution in [2.45, 2.75) is 19.9 Å². The van der Waals surface area contributed by atoms with Crippen LogP contribution in [0.5, 0.6) is 0 Å². The molecule has 6 heteroatoms. The fourth-order valence-electron chi connectivity index (χ4n) is 1.39. The maximum Gasteiger partial charge on any atom is 0.325 e. The number of aliphatic carboxylic acids is 1. The Labute approximate surface area is 110 Å². The number of carbonyl (C=O) groups is 2. The molecule has 98 valence electrons. The van der Waals surface area contributed by atoms with Gasteiger partial charge < -0.3 is 15.7 Å². The highest BCUT2D eigenvalue weighted by Crippen LogP contribution is 2.20. The lowest BCUT2D eigenvalue weighted by Gasteiger charge is -2.13. The van der Waals surface area contributed by atoms with Crippen LogP contribution in [0.15, 0.2) is 18.2 Å². The summed E-state index contributed by atoms with van der Waals surface area (Å²) in [6, 6.07) is 3.90. The number of hydrogen-bond donors (Lipinski definition) is 3. The average molecular weight is 271 g/mol. The molecule has 0 fully saturated rings. The second kappa shape index (κ2) is 6.26. The largest absolute Gasteiger partial charge is 0.480 e. The average Bonchev–Trinajstić information content (AvgIpc) is 2.31. The minimum atomic E-state index is -1.09. The molecule has 0 aliphatic rings. The van der Waals surface area contributed by atoms with Crippen LogP contribution >= 0.6 is 11.6 Å². The third-order valence-electron chi connectivity index (χ3n) is 2.31. The van der Waals surface area contributed by atoms with E-state index < -0.39 is 17.9 Å². The first-order chi connectivity index (χ1) is 8.45. The Balaban J connectivity index is 2.96. The van der Waals surface area contributed by atoms with E-state index in [-0.39, 0.29) is 0 Å². The summed E-state index contributed by atoms with van der Waals surface area (Å²) in [6.07, 6.45) is 0. The van der Waals surface area contributed by atoms with Crippen LogP contribution < -0.4 is 10.6 Å². The molecule has 0 spiro atoms. The summed E-state index contributed by atoms with van der Waals surface area (Å²) in [7, 11) is 0. The molecule has 0 unspecified atom stereocenters. The number of carboxylic acids is 1. The smallest absolute Gasteiger partial charge is 0.325 e. The number of carbonyl (C=O) groups excluding carboxylic acids is 1. The van der Waals surface area contributed by atoms with Gasteiger partial charge in [0.05, 0.1) is 5.56 Å². The standard InChI is InChI=1S/C12H15ClN2O3/c1-3-14-10-5-4-8(13)6-9(10)11(16)15-7(2)12(17)18/h4-7,14H,3H2,1-2H3,(H,15,16)(H,17,18)/t7-/m0/s1. The van der Waals surface area contributed by atoms with Crippen LogP contribution in [0.25, 0.3) is 0 Å². The molecule has 1 amide bonds. The number of halogens is 1. The van der Waals surface area contributed by atoms with Gasteiger partial charge in [-0.25, -0.2) is 0 Å². The van der Waals surface area contributed by atoms with E-state index in [1.54, 1.807) is 12.1 Å². The van der Waals surface area contributed by atoms with Crippen LogP contribution in [0, 0.1) is 0 Å². The molecule has 1 atom stereocenters. The number of anilines is 1. The van der Waals surface area contributed by atoms with E-state index in [9.17, 15) is 9.59 Å². The highest BCUT2D eigenvalue weighted by atomic mass is 35.5. The van der Waals surface area contributed by atoms with E-state index in [2.05, 4.69) is 10.6 Å². The number of hydrogen-bond acceptors (Lipinski definition) is 3. The second-order valence-electron chi connectivity index (χ2n) is 3.75. The Morgan fingerprint density at radius 3 is 2.67 bits per heavy atom. The van der Waals surface area contributed by atoms with Crippen LogP contribution in [-0.4, -0.2) is 29.6 Å². The van der Waals surface area contributed by atoms with E-state index in [0.717, 1.165) is 0 Å². The normalized spacial score (nSPS) is 11.7. The van der Waals surface area contributed by atoms with Gasteiger partial charge in [-0.1, -0.05) is 11.6 Å². The zero-order valence-electron chi connectivity index (χ0n) is 10.2. The number of amides is 1. The SMILES string of the molecule is CCNc1ccc(Cl)cc1C(=O)N[C@@H](C)C(=O)O. The fraction of sp³-hybridized carbons (Fsp3) is 0.333. The third kappa shape index (κ3) is 3.63. The number of nitrogens with one attached hydrogen (secondary N) is 2. The molecule has 18 heavy (non-hydrogen) atoms. The lowest BCUT2D eigenvalue weighted by Crippen LogP contribution is -2.38. The first kappa shape index (κ1) is 14.3. The quantitative estimate of drug-likeness (QED) is 0.764. The van der Waals surface area contributed by atoms with Gasteiger partial charge in [0, 0.05) is 17.3 Å². The van der Waals surface area contributed by atoms with Gasteiger partial charge in [-0.3, -0.25) is 9.59 Å². The molecule has 0 aliphatic carbocycles. The minimum absolute atomic E-state index is 0.331. The molecule has 0 saturated carbocycles. The molecular weight excluding hydrogens is 256 g/mol. The zero-order valence-corrected chi connectivity index (χ0v) is 10.9. The summed E-state index contributed by atoms with van der Waals surface area (Å²) >= 11 is 5.84. The van der Waals surface area contributed by atoms with Crippen LogP contribution in [0.4, 0.5) is 5.69 Å². The van der Waals surface area contributed by atoms with Gasteiger partial charge in [0.15, 0.2) is 0 Å². The van der Waals surface area contributed by atoms with Crippen molar-refractivity contribution in [2.75, 3.05) is 11.9 Å². The molecule has 0 aliphatic heterocycles. The Morgan fingerprint density at radius 2 is 2.11 bits per heavy atom. The Bertz CT molecular complexity index is 463. The van der Waals surface area contributed by atoms with E-state index >= 15 is 0 Å². The van der Waals surface area contributed by atoms with Crippen molar-refractivity contribution in [1.82, 2.24) is 5.32 Å². The number of benzene rings is 1. The van der Waals surface area contributed by atoms with E-state index in [1.165, 1.54) is 13.0 Å². The number of carboxylic acid groups (broad SMARTS) is 1. The predicted molar refractivity (Wildman–Crippen MR) is 70.2 cm³/mol. The van der Waals surface area contributed by atoms with Crippen LogP contribution in [-0.2, 0) is 4.79 Å². The van der Waals surface area contributed by atoms with Crippen molar-refractivity contribution in [2.24, 2.45) is 0 Å². The van der Waals surface area contributed by atoms with Crippen molar-refractivity contribution in [3.05, 3.63) is 28.8 Å². The van der Waals surface area contributed by atoms with Gasteiger partial charge in [-0.15, -0.1) is 0 Å². The molecule has 1 aromatic rings. The molecule has 0 radical (unpaired) electrons. The van der Waals surface area contributed by atoms with Crippen molar-refractivity contribution in [1.29, 1.82) is 0 Å². The van der Waals surface area contributed by atoms with Crippen molar-refractivity contribution in [3.63, 3.8) is 0 Å². The maximum absolute atomic E-state index is 11.9. The zero-order chi connectivity index (χ0) is 13.7. The predicted octanol–water partition coefficient (Wildman–Crippen LogP) is 1.97. The summed E-state index contributed by atoms with van der Waals surface area (Å²) in [4.78, 5) is 22.6. The van der Waals surface area contributed by atoms with E-state index in [0.29, 0.717) is 22.8 Å². The monoisotopic (exact) mass is 270 g/mol. The first-order valence-corrected chi connectivity index (χ1v) is 5.90. The molecular formula is C12H15ClN2O3. The molecule has 5 nitrogen and oxygen atoms in total. The highest BCUT2D eigenvalue weighted by Gasteiger charge is 2.17. The lowest BCUT2D eigenvalue weighted by atomic mass is 10.1. The Kier molecular flexibility index (Phi) is 4.97. The molecule has 1 rings (SSSR count). The summed E-state index contributed by atoms with van der Waals surface area (Å²) in [5.74, 6) is -1.56. The van der Waals surface area contributed by atoms with Gasteiger partial charge in [-0.05, 0) is 32.0 Å². The van der Waals surface area contributed by atoms with E-state index in [4.69, 9.17) is 16.7 Å². The van der Waals surface area contributed by atoms with Crippen LogP contribution in [0.2, 0.25) is 5.02 Å². The Hall–Kier alpha value is -1.75. The maximum atomic E-state index is 11.9. The van der Waals surface area contributed by atoms with Gasteiger partial charge in [-0.2, -0.15) is 0 Å². The van der Waals surface area contributed by atoms with Crippen LogP contribution in [0.1, 0.15) is 24.2 Å². The molecule has 3 N–H and O–H groups in total. The van der Waals surface area contributed by atoms with Crippen molar-refractivity contribution >= 4 is 29.2 Å². The second-order valence-corrected chi connectivity index (χ2v) is 4.19. The molecule has 0 heterocycles. The molecule has 0 saturated heterocycles. The van der Waals surface area contributed by atoms with Crippen molar-refractivity contribution < 1.29 is 14.7 Å². The molecule has 1 aromatic carbocycles. The molecule has 0 bridgehead atoms. The highest BCUT2D eigenvalue weighted by molar-refractivity contribution is 6.31. The Morgan fingerprint density at radius 1 is 1.44 bits per heavy atom. The van der Waals surface area contributed by atoms with Gasteiger partial charge >= 0.3 is 5.97 Å². The summed E-state index contributed by atoms with van der Waals surface area (Å²) < 4.78 is 0. The summed E-state index contributed by atoms with van der Waals surface area (Å²) in [5, 5.41) is 14.6. The van der Waals surface area contributed by atoms with Crippen molar-refractivity contribution in [3.8, 4) is 0 Å². The topological polar surface area (TPSA) is 78.4 Å². The van der Waals surface area contributed by atoms with E-state index in [1.807, 2.05) is 6.92 Å². The summed E-state index contributed by atoms with van der Waals surface area (Å²) in [6.45, 7) is 3.95. The third-order valence-corrected chi connectivity index (χ3v) is 2.55. The van der Waals surface area contributed by atoms with Gasteiger partial charge in [0.1, 0.15) is 6.04 Å². The van der Waals surface area contributed by atoms with Gasteiger partial charge in [0.25, 0.3) is 5.91 Å². The molecule has 0 aromatic heterocycles. The first-order valence-electron chi connectivity index (χ1n) is 5.52. The fourth-order valence-corrected chi connectivity index (χ4v) is 1.56. The minimum Gasteiger partial charge on any atom is -0.480 e. The van der Waals surface area contributed by atoms with Gasteiger partial charge in [0.2, 0.25) is 0 Å². The number of rotatable bonds is 5. The lowest BCUT2D eigenvalue weighted by molar-refractivity contribution is -0.138.